The predicted octanol–water partition coefficient (Wildman–Crippen LogP) is 5.14. The van der Waals surface area contributed by atoms with Gasteiger partial charge in [0.05, 0.1) is 28.8 Å². The Kier molecular flexibility index (Phi) is 5.77. The van der Waals surface area contributed by atoms with Crippen molar-refractivity contribution >= 4 is 17.3 Å². The number of halogens is 1. The minimum atomic E-state index is -0.389. The molecule has 3 N–H and O–H groups in total. The molecule has 0 aliphatic heterocycles. The van der Waals surface area contributed by atoms with Crippen LogP contribution in [0.4, 0.5) is 21.7 Å². The Hall–Kier alpha value is -3.94. The third-order valence-electron chi connectivity index (χ3n) is 4.74. The lowest BCUT2D eigenvalue weighted by Crippen LogP contribution is -2.24. The maximum atomic E-state index is 13.1. The summed E-state index contributed by atoms with van der Waals surface area (Å²) in [5, 5.41) is 8.16. The number of nitrogens with two attached hydrogens (primary N) is 1. The molecule has 4 rings (SSSR count). The molecule has 1 aromatic carbocycles. The third-order valence-corrected chi connectivity index (χ3v) is 4.74. The van der Waals surface area contributed by atoms with Gasteiger partial charge in [-0.2, -0.15) is 5.10 Å². The molecule has 0 atom stereocenters. The summed E-state index contributed by atoms with van der Waals surface area (Å²) in [6.45, 7) is 6.43. The summed E-state index contributed by atoms with van der Waals surface area (Å²) < 4.78 is 20.9. The number of pyridine rings is 2. The molecule has 0 bridgehead atoms. The summed E-state index contributed by atoms with van der Waals surface area (Å²) in [7, 11) is 0. The lowest BCUT2D eigenvalue weighted by atomic mass is 10.1. The van der Waals surface area contributed by atoms with Crippen molar-refractivity contribution in [2.24, 2.45) is 0 Å². The number of hydrogen-bond acceptors (Lipinski definition) is 6. The quantitative estimate of drug-likeness (QED) is 0.410. The average molecular weight is 433 g/mol. The first-order chi connectivity index (χ1) is 15.3. The van der Waals surface area contributed by atoms with Crippen molar-refractivity contribution in [1.29, 1.82) is 0 Å². The van der Waals surface area contributed by atoms with E-state index in [1.165, 1.54) is 6.07 Å². The molecule has 8 heteroatoms. The van der Waals surface area contributed by atoms with Crippen molar-refractivity contribution in [3.8, 4) is 17.0 Å². The molecule has 164 valence electrons. The summed E-state index contributed by atoms with van der Waals surface area (Å²) >= 11 is 0. The molecule has 4 aromatic rings. The molecule has 0 saturated carbocycles. The van der Waals surface area contributed by atoms with Gasteiger partial charge in [-0.25, -0.2) is 14.1 Å². The Labute approximate surface area is 186 Å². The molecule has 0 aliphatic carbocycles. The fourth-order valence-electron chi connectivity index (χ4n) is 3.15. The molecule has 0 unspecified atom stereocenters. The van der Waals surface area contributed by atoms with Crippen molar-refractivity contribution < 1.29 is 9.13 Å². The number of ether oxygens (including phenoxy) is 1. The van der Waals surface area contributed by atoms with E-state index in [1.54, 1.807) is 18.3 Å². The summed E-state index contributed by atoms with van der Waals surface area (Å²) in [5.41, 5.74) is 8.58. The molecule has 0 amide bonds. The topological polar surface area (TPSA) is 90.9 Å². The van der Waals surface area contributed by atoms with Crippen LogP contribution >= 0.6 is 0 Å². The normalized spacial score (nSPS) is 11.4. The monoisotopic (exact) mass is 432 g/mol. The average Bonchev–Trinajstić information content (AvgIpc) is 3.19. The van der Waals surface area contributed by atoms with E-state index in [4.69, 9.17) is 15.6 Å². The predicted molar refractivity (Wildman–Crippen MR) is 123 cm³/mol. The Morgan fingerprint density at radius 3 is 2.59 bits per heavy atom. The highest BCUT2D eigenvalue weighted by Crippen LogP contribution is 2.32. The molecule has 0 aliphatic rings. The highest BCUT2D eigenvalue weighted by Gasteiger charge is 2.21. The Morgan fingerprint density at radius 1 is 1.06 bits per heavy atom. The van der Waals surface area contributed by atoms with E-state index in [0.29, 0.717) is 17.1 Å². The second-order valence-electron chi connectivity index (χ2n) is 8.35. The van der Waals surface area contributed by atoms with Crippen LogP contribution < -0.4 is 15.8 Å². The maximum Gasteiger partial charge on any atom is 0.143 e. The summed E-state index contributed by atoms with van der Waals surface area (Å²) in [5.74, 6) is 1.68. The number of aromatic nitrogens is 4. The Morgan fingerprint density at radius 2 is 1.91 bits per heavy atom. The molecule has 0 saturated heterocycles. The van der Waals surface area contributed by atoms with E-state index in [2.05, 4.69) is 36.1 Å². The molecule has 0 spiro atoms. The van der Waals surface area contributed by atoms with Gasteiger partial charge in [0, 0.05) is 17.8 Å². The molecule has 3 heterocycles. The van der Waals surface area contributed by atoms with Gasteiger partial charge in [0.25, 0.3) is 0 Å². The van der Waals surface area contributed by atoms with E-state index >= 15 is 0 Å². The van der Waals surface area contributed by atoms with E-state index < -0.39 is 0 Å². The number of nitrogen functional groups attached to an aromatic ring is 1. The van der Waals surface area contributed by atoms with Gasteiger partial charge in [-0.3, -0.25) is 4.98 Å². The van der Waals surface area contributed by atoms with Gasteiger partial charge in [0.1, 0.15) is 29.8 Å². The van der Waals surface area contributed by atoms with Crippen LogP contribution in [0.3, 0.4) is 0 Å². The van der Waals surface area contributed by atoms with Crippen molar-refractivity contribution in [2.75, 3.05) is 11.1 Å². The minimum Gasteiger partial charge on any atom is -0.485 e. The van der Waals surface area contributed by atoms with Gasteiger partial charge in [-0.05, 0) is 57.2 Å². The third kappa shape index (κ3) is 4.85. The zero-order chi connectivity index (χ0) is 22.7. The van der Waals surface area contributed by atoms with Crippen LogP contribution in [0.2, 0.25) is 0 Å². The van der Waals surface area contributed by atoms with Crippen LogP contribution in [-0.2, 0) is 12.1 Å². The fourth-order valence-corrected chi connectivity index (χ4v) is 3.15. The van der Waals surface area contributed by atoms with Gasteiger partial charge in [0.2, 0.25) is 0 Å². The maximum absolute atomic E-state index is 13.1. The summed E-state index contributed by atoms with van der Waals surface area (Å²) in [6, 6.07) is 16.1. The molecule has 3 aromatic heterocycles. The SMILES string of the molecule is CC(C)(C)n1nc(-c2ccc(N)c(OCc3ccc(F)cn3)c2)cc1Nc1ccccn1. The second-order valence-corrected chi connectivity index (χ2v) is 8.35. The number of nitrogens with one attached hydrogen (secondary N) is 1. The van der Waals surface area contributed by atoms with Crippen molar-refractivity contribution in [3.63, 3.8) is 0 Å². The second kappa shape index (κ2) is 8.66. The Balaban J connectivity index is 1.62. The fraction of sp³-hybridized carbons (Fsp3) is 0.208. The number of benzene rings is 1. The zero-order valence-corrected chi connectivity index (χ0v) is 18.2. The van der Waals surface area contributed by atoms with Gasteiger partial charge in [-0.15, -0.1) is 0 Å². The highest BCUT2D eigenvalue weighted by atomic mass is 19.1. The largest absolute Gasteiger partial charge is 0.485 e. The van der Waals surface area contributed by atoms with Gasteiger partial charge in [0.15, 0.2) is 0 Å². The van der Waals surface area contributed by atoms with Crippen LogP contribution in [-0.4, -0.2) is 19.7 Å². The van der Waals surface area contributed by atoms with Crippen molar-refractivity contribution in [2.45, 2.75) is 32.9 Å². The lowest BCUT2D eigenvalue weighted by molar-refractivity contribution is 0.303. The van der Waals surface area contributed by atoms with E-state index in [-0.39, 0.29) is 18.0 Å². The Bertz CT molecular complexity index is 1200. The van der Waals surface area contributed by atoms with Crippen molar-refractivity contribution in [3.05, 3.63) is 78.5 Å². The van der Waals surface area contributed by atoms with Crippen LogP contribution in [0.25, 0.3) is 11.3 Å². The summed E-state index contributed by atoms with van der Waals surface area (Å²) in [6.07, 6.45) is 2.90. The van der Waals surface area contributed by atoms with E-state index in [0.717, 1.165) is 29.1 Å². The molecular formula is C24H25FN6O. The number of rotatable bonds is 6. The zero-order valence-electron chi connectivity index (χ0n) is 18.2. The van der Waals surface area contributed by atoms with E-state index in [1.807, 2.05) is 41.1 Å². The van der Waals surface area contributed by atoms with Crippen LogP contribution in [0.5, 0.6) is 5.75 Å². The summed E-state index contributed by atoms with van der Waals surface area (Å²) in [4.78, 5) is 8.36. The van der Waals surface area contributed by atoms with Crippen LogP contribution in [0, 0.1) is 5.82 Å². The van der Waals surface area contributed by atoms with Gasteiger partial charge >= 0.3 is 0 Å². The first-order valence-corrected chi connectivity index (χ1v) is 10.2. The van der Waals surface area contributed by atoms with E-state index in [9.17, 15) is 4.39 Å². The van der Waals surface area contributed by atoms with Gasteiger partial charge in [-0.1, -0.05) is 12.1 Å². The first-order valence-electron chi connectivity index (χ1n) is 10.2. The molecule has 32 heavy (non-hydrogen) atoms. The highest BCUT2D eigenvalue weighted by molar-refractivity contribution is 5.70. The van der Waals surface area contributed by atoms with Crippen LogP contribution in [0.1, 0.15) is 26.5 Å². The standard InChI is InChI=1S/C24H25FN6O/c1-24(2,3)31-23(29-22-6-4-5-11-27-22)13-20(30-31)16-7-10-19(26)21(12-16)32-15-18-9-8-17(25)14-28-18/h4-14H,15,26H2,1-3H3,(H,27,29). The number of nitrogens with zero attached hydrogens (tertiary/aromatic N) is 4. The smallest absolute Gasteiger partial charge is 0.143 e. The first kappa shape index (κ1) is 21.3. The molecule has 7 nitrogen and oxygen atoms in total. The molecule has 0 fully saturated rings. The lowest BCUT2D eigenvalue weighted by Gasteiger charge is -2.22. The number of anilines is 3. The van der Waals surface area contributed by atoms with Gasteiger partial charge < -0.3 is 15.8 Å². The molecule has 0 radical (unpaired) electrons. The minimum absolute atomic E-state index is 0.177. The molecular weight excluding hydrogens is 407 g/mol. The van der Waals surface area contributed by atoms with Crippen LogP contribution in [0.15, 0.2) is 67.0 Å². The van der Waals surface area contributed by atoms with Crippen molar-refractivity contribution in [1.82, 2.24) is 19.7 Å². The number of hydrogen-bond donors (Lipinski definition) is 2.